The Labute approximate surface area is 146 Å². The summed E-state index contributed by atoms with van der Waals surface area (Å²) in [5.74, 6) is 1.44. The van der Waals surface area contributed by atoms with Crippen molar-refractivity contribution in [3.05, 3.63) is 0 Å². The highest BCUT2D eigenvalue weighted by atomic mass is 16.5. The van der Waals surface area contributed by atoms with E-state index in [4.69, 9.17) is 18.9 Å². The van der Waals surface area contributed by atoms with E-state index in [0.717, 1.165) is 77.8 Å². The fourth-order valence-corrected chi connectivity index (χ4v) is 2.35. The molecule has 1 saturated heterocycles. The van der Waals surface area contributed by atoms with Gasteiger partial charge in [-0.1, -0.05) is 0 Å². The lowest BCUT2D eigenvalue weighted by Gasteiger charge is -2.12. The number of methoxy groups -OCH3 is 1. The first kappa shape index (κ1) is 21.2. The van der Waals surface area contributed by atoms with E-state index in [2.05, 4.69) is 15.6 Å². The third-order valence-corrected chi connectivity index (χ3v) is 3.80. The maximum absolute atomic E-state index is 5.68. The third-order valence-electron chi connectivity index (χ3n) is 3.80. The highest BCUT2D eigenvalue weighted by molar-refractivity contribution is 5.79. The number of nitrogens with zero attached hydrogens (tertiary/aromatic N) is 1. The summed E-state index contributed by atoms with van der Waals surface area (Å²) in [7, 11) is 3.47. The molecule has 24 heavy (non-hydrogen) atoms. The van der Waals surface area contributed by atoms with Gasteiger partial charge in [0.15, 0.2) is 5.96 Å². The molecule has 0 aliphatic carbocycles. The molecule has 7 heteroatoms. The minimum atomic E-state index is 0.589. The van der Waals surface area contributed by atoms with Gasteiger partial charge in [-0.05, 0) is 25.7 Å². The summed E-state index contributed by atoms with van der Waals surface area (Å²) in [4.78, 5) is 4.22. The monoisotopic (exact) mass is 345 g/mol. The topological polar surface area (TPSA) is 73.3 Å². The molecular formula is C17H35N3O4. The zero-order valence-corrected chi connectivity index (χ0v) is 15.3. The third kappa shape index (κ3) is 11.6. The summed E-state index contributed by atoms with van der Waals surface area (Å²) >= 11 is 0. The molecule has 1 fully saturated rings. The smallest absolute Gasteiger partial charge is 0.190 e. The van der Waals surface area contributed by atoms with Crippen LogP contribution in [0.3, 0.4) is 0 Å². The first-order chi connectivity index (χ1) is 11.9. The molecule has 0 saturated carbocycles. The van der Waals surface area contributed by atoms with Crippen LogP contribution in [0.15, 0.2) is 4.99 Å². The highest BCUT2D eigenvalue weighted by Crippen LogP contribution is 2.12. The maximum atomic E-state index is 5.68. The Morgan fingerprint density at radius 3 is 2.54 bits per heavy atom. The first-order valence-electron chi connectivity index (χ1n) is 9.03. The van der Waals surface area contributed by atoms with Crippen molar-refractivity contribution in [2.75, 3.05) is 73.5 Å². The molecular weight excluding hydrogens is 310 g/mol. The SMILES string of the molecule is CN=C(NCCCCOCCOC)NCCCOCC1CCOC1. The molecule has 1 aliphatic rings. The van der Waals surface area contributed by atoms with Crippen LogP contribution in [0, 0.1) is 5.92 Å². The van der Waals surface area contributed by atoms with Gasteiger partial charge in [0, 0.05) is 53.0 Å². The van der Waals surface area contributed by atoms with E-state index < -0.39 is 0 Å². The summed E-state index contributed by atoms with van der Waals surface area (Å²) in [6, 6.07) is 0. The van der Waals surface area contributed by atoms with Gasteiger partial charge in [-0.3, -0.25) is 4.99 Å². The van der Waals surface area contributed by atoms with Gasteiger partial charge in [0.05, 0.1) is 26.4 Å². The van der Waals surface area contributed by atoms with Crippen molar-refractivity contribution in [1.82, 2.24) is 10.6 Å². The summed E-state index contributed by atoms with van der Waals surface area (Å²) in [5, 5.41) is 6.61. The lowest BCUT2D eigenvalue weighted by Crippen LogP contribution is -2.38. The quantitative estimate of drug-likeness (QED) is 0.278. The summed E-state index contributed by atoms with van der Waals surface area (Å²) in [5.41, 5.74) is 0. The summed E-state index contributed by atoms with van der Waals surface area (Å²) < 4.78 is 21.4. The summed E-state index contributed by atoms with van der Waals surface area (Å²) in [6.45, 7) is 7.20. The van der Waals surface area contributed by atoms with Crippen LogP contribution in [0.1, 0.15) is 25.7 Å². The molecule has 0 amide bonds. The number of rotatable bonds is 14. The van der Waals surface area contributed by atoms with Gasteiger partial charge in [-0.2, -0.15) is 0 Å². The Morgan fingerprint density at radius 1 is 1.04 bits per heavy atom. The maximum Gasteiger partial charge on any atom is 0.190 e. The average Bonchev–Trinajstić information content (AvgIpc) is 3.11. The van der Waals surface area contributed by atoms with Crippen LogP contribution in [0.25, 0.3) is 0 Å². The molecule has 2 N–H and O–H groups in total. The van der Waals surface area contributed by atoms with E-state index in [1.54, 1.807) is 14.2 Å². The standard InChI is InChI=1S/C17H35N3O4/c1-18-17(19-7-3-4-9-22-13-12-21-2)20-8-5-10-23-14-16-6-11-24-15-16/h16H,3-15H2,1-2H3,(H2,18,19,20). The van der Waals surface area contributed by atoms with Crippen LogP contribution < -0.4 is 10.6 Å². The molecule has 1 atom stereocenters. The molecule has 7 nitrogen and oxygen atoms in total. The van der Waals surface area contributed by atoms with Crippen molar-refractivity contribution in [2.45, 2.75) is 25.7 Å². The van der Waals surface area contributed by atoms with Crippen molar-refractivity contribution >= 4 is 5.96 Å². The van der Waals surface area contributed by atoms with Crippen LogP contribution in [0.4, 0.5) is 0 Å². The van der Waals surface area contributed by atoms with E-state index in [1.807, 2.05) is 0 Å². The number of hydrogen-bond donors (Lipinski definition) is 2. The van der Waals surface area contributed by atoms with Crippen molar-refractivity contribution in [2.24, 2.45) is 10.9 Å². The van der Waals surface area contributed by atoms with Crippen molar-refractivity contribution in [3.63, 3.8) is 0 Å². The predicted molar refractivity (Wildman–Crippen MR) is 95.7 cm³/mol. The fourth-order valence-electron chi connectivity index (χ4n) is 2.35. The minimum Gasteiger partial charge on any atom is -0.382 e. The van der Waals surface area contributed by atoms with E-state index in [0.29, 0.717) is 19.1 Å². The minimum absolute atomic E-state index is 0.589. The normalized spacial score (nSPS) is 18.1. The molecule has 0 aromatic rings. The number of hydrogen-bond acceptors (Lipinski definition) is 5. The van der Waals surface area contributed by atoms with Gasteiger partial charge in [0.25, 0.3) is 0 Å². The molecule has 1 heterocycles. The Hall–Kier alpha value is -0.890. The Morgan fingerprint density at radius 2 is 1.83 bits per heavy atom. The number of guanidine groups is 1. The first-order valence-corrected chi connectivity index (χ1v) is 9.03. The zero-order chi connectivity index (χ0) is 17.3. The van der Waals surface area contributed by atoms with Gasteiger partial charge in [-0.15, -0.1) is 0 Å². The van der Waals surface area contributed by atoms with E-state index in [9.17, 15) is 0 Å². The number of nitrogens with one attached hydrogen (secondary N) is 2. The molecule has 1 rings (SSSR count). The number of ether oxygens (including phenoxy) is 4. The molecule has 0 radical (unpaired) electrons. The predicted octanol–water partition coefficient (Wildman–Crippen LogP) is 1.04. The molecule has 0 aromatic carbocycles. The van der Waals surface area contributed by atoms with E-state index in [1.165, 1.54) is 0 Å². The van der Waals surface area contributed by atoms with Crippen LogP contribution >= 0.6 is 0 Å². The Bertz CT molecular complexity index is 310. The number of aliphatic imine (C=N–C) groups is 1. The van der Waals surface area contributed by atoms with Crippen molar-refractivity contribution in [3.8, 4) is 0 Å². The Kier molecular flexibility index (Phi) is 13.8. The van der Waals surface area contributed by atoms with Crippen LogP contribution in [0.2, 0.25) is 0 Å². The van der Waals surface area contributed by atoms with Crippen LogP contribution in [-0.2, 0) is 18.9 Å². The molecule has 0 aromatic heterocycles. The second kappa shape index (κ2) is 15.6. The lowest BCUT2D eigenvalue weighted by atomic mass is 10.1. The lowest BCUT2D eigenvalue weighted by molar-refractivity contribution is 0.0689. The number of unbranched alkanes of at least 4 members (excludes halogenated alkanes) is 1. The molecule has 142 valence electrons. The van der Waals surface area contributed by atoms with Gasteiger partial charge >= 0.3 is 0 Å². The largest absolute Gasteiger partial charge is 0.382 e. The van der Waals surface area contributed by atoms with Crippen molar-refractivity contribution in [1.29, 1.82) is 0 Å². The fraction of sp³-hybridized carbons (Fsp3) is 0.941. The van der Waals surface area contributed by atoms with Crippen LogP contribution in [-0.4, -0.2) is 79.5 Å². The Balaban J connectivity index is 1.85. The van der Waals surface area contributed by atoms with Gasteiger partial charge in [0.1, 0.15) is 0 Å². The van der Waals surface area contributed by atoms with Gasteiger partial charge in [-0.25, -0.2) is 0 Å². The van der Waals surface area contributed by atoms with Crippen LogP contribution in [0.5, 0.6) is 0 Å². The second-order valence-corrected chi connectivity index (χ2v) is 5.90. The molecule has 1 aliphatic heterocycles. The van der Waals surface area contributed by atoms with Crippen molar-refractivity contribution < 1.29 is 18.9 Å². The molecule has 1 unspecified atom stereocenters. The van der Waals surface area contributed by atoms with E-state index in [-0.39, 0.29) is 0 Å². The average molecular weight is 345 g/mol. The highest BCUT2D eigenvalue weighted by Gasteiger charge is 2.15. The summed E-state index contributed by atoms with van der Waals surface area (Å²) in [6.07, 6.45) is 4.19. The second-order valence-electron chi connectivity index (χ2n) is 5.90. The van der Waals surface area contributed by atoms with E-state index >= 15 is 0 Å². The molecule has 0 bridgehead atoms. The van der Waals surface area contributed by atoms with Gasteiger partial charge in [0.2, 0.25) is 0 Å². The van der Waals surface area contributed by atoms with Gasteiger partial charge < -0.3 is 29.6 Å². The molecule has 0 spiro atoms. The zero-order valence-electron chi connectivity index (χ0n) is 15.3.